The molecule has 1 aliphatic rings. The Hall–Kier alpha value is -2.40. The first-order valence-electron chi connectivity index (χ1n) is 10.3. The van der Waals surface area contributed by atoms with Gasteiger partial charge in [-0.25, -0.2) is 13.4 Å². The molecule has 0 bridgehead atoms. The predicted octanol–water partition coefficient (Wildman–Crippen LogP) is 2.43. The zero-order valence-electron chi connectivity index (χ0n) is 18.0. The first kappa shape index (κ1) is 22.8. The van der Waals surface area contributed by atoms with Crippen molar-refractivity contribution < 1.29 is 17.9 Å². The maximum atomic E-state index is 12.7. The summed E-state index contributed by atoms with van der Waals surface area (Å²) in [6.45, 7) is 3.89. The molecule has 1 fully saturated rings. The molecule has 32 heavy (non-hydrogen) atoms. The van der Waals surface area contributed by atoms with E-state index in [2.05, 4.69) is 4.98 Å². The number of rotatable bonds is 7. The Morgan fingerprint density at radius 2 is 1.84 bits per heavy atom. The highest BCUT2D eigenvalue weighted by molar-refractivity contribution is 7.99. The van der Waals surface area contributed by atoms with E-state index in [0.29, 0.717) is 60.5 Å². The molecule has 0 unspecified atom stereocenters. The molecule has 0 saturated carbocycles. The Labute approximate surface area is 191 Å². The smallest absolute Gasteiger partial charge is 0.261 e. The Morgan fingerprint density at radius 1 is 1.12 bits per heavy atom. The highest BCUT2D eigenvalue weighted by Crippen LogP contribution is 2.22. The van der Waals surface area contributed by atoms with Crippen LogP contribution in [-0.2, 0) is 21.8 Å². The lowest BCUT2D eigenvalue weighted by Gasteiger charge is -2.26. The van der Waals surface area contributed by atoms with Crippen molar-refractivity contribution in [2.45, 2.75) is 17.0 Å². The topological polar surface area (TPSA) is 90.7 Å². The van der Waals surface area contributed by atoms with E-state index in [0.717, 1.165) is 5.56 Å². The molecule has 0 spiro atoms. The van der Waals surface area contributed by atoms with E-state index in [1.807, 2.05) is 25.1 Å². The maximum Gasteiger partial charge on any atom is 0.261 e. The number of benzene rings is 2. The third kappa shape index (κ3) is 4.83. The number of hydrogen-bond donors (Lipinski definition) is 0. The summed E-state index contributed by atoms with van der Waals surface area (Å²) >= 11 is 1.44. The Morgan fingerprint density at radius 3 is 2.56 bits per heavy atom. The molecule has 2 heterocycles. The molecule has 4 rings (SSSR count). The summed E-state index contributed by atoms with van der Waals surface area (Å²) < 4.78 is 39.3. The van der Waals surface area contributed by atoms with E-state index in [9.17, 15) is 13.2 Å². The molecule has 0 radical (unpaired) electrons. The Kier molecular flexibility index (Phi) is 6.85. The van der Waals surface area contributed by atoms with Gasteiger partial charge in [-0.05, 0) is 43.3 Å². The van der Waals surface area contributed by atoms with Crippen LogP contribution < -0.4 is 10.3 Å². The van der Waals surface area contributed by atoms with Crippen LogP contribution in [0.2, 0.25) is 0 Å². The van der Waals surface area contributed by atoms with Crippen molar-refractivity contribution in [3.8, 4) is 5.75 Å². The second kappa shape index (κ2) is 9.62. The third-order valence-electron chi connectivity index (χ3n) is 5.20. The molecule has 3 aromatic rings. The van der Waals surface area contributed by atoms with Crippen LogP contribution >= 0.6 is 11.8 Å². The summed E-state index contributed by atoms with van der Waals surface area (Å²) in [4.78, 5) is 17.4. The van der Waals surface area contributed by atoms with Gasteiger partial charge >= 0.3 is 0 Å². The SMILES string of the molecule is Cc1ccc2nc(SCCOc3ccc(S(=O)(=O)N4CCOCC4)cc3)n(C)c(=O)c2c1. The van der Waals surface area contributed by atoms with Gasteiger partial charge in [0.15, 0.2) is 5.16 Å². The lowest BCUT2D eigenvalue weighted by Crippen LogP contribution is -2.40. The number of morpholine rings is 1. The molecular weight excluding hydrogens is 450 g/mol. The van der Waals surface area contributed by atoms with Gasteiger partial charge in [0, 0.05) is 25.9 Å². The van der Waals surface area contributed by atoms with Crippen molar-refractivity contribution in [2.24, 2.45) is 7.05 Å². The third-order valence-corrected chi connectivity index (χ3v) is 8.11. The lowest BCUT2D eigenvalue weighted by molar-refractivity contribution is 0.0730. The molecule has 1 aromatic heterocycles. The predicted molar refractivity (Wildman–Crippen MR) is 124 cm³/mol. The lowest BCUT2D eigenvalue weighted by atomic mass is 10.2. The summed E-state index contributed by atoms with van der Waals surface area (Å²) in [5.41, 5.74) is 1.63. The van der Waals surface area contributed by atoms with Gasteiger partial charge in [0.2, 0.25) is 10.0 Å². The average Bonchev–Trinajstić information content (AvgIpc) is 2.81. The van der Waals surface area contributed by atoms with Crippen LogP contribution in [0.5, 0.6) is 5.75 Å². The molecule has 8 nitrogen and oxygen atoms in total. The number of aryl methyl sites for hydroxylation is 1. The number of fused-ring (bicyclic) bond motifs is 1. The standard InChI is InChI=1S/C22H25N3O5S2/c1-16-3-8-20-19(15-16)21(26)24(2)22(23-20)31-14-13-30-17-4-6-18(7-5-17)32(27,28)25-9-11-29-12-10-25/h3-8,15H,9-14H2,1-2H3. The van der Waals surface area contributed by atoms with E-state index < -0.39 is 10.0 Å². The second-order valence-electron chi connectivity index (χ2n) is 7.46. The van der Waals surface area contributed by atoms with Crippen molar-refractivity contribution in [3.05, 3.63) is 58.4 Å². The highest BCUT2D eigenvalue weighted by Gasteiger charge is 2.26. The number of hydrogen-bond acceptors (Lipinski definition) is 7. The zero-order chi connectivity index (χ0) is 22.7. The number of ether oxygens (including phenoxy) is 2. The van der Waals surface area contributed by atoms with Crippen LogP contribution in [-0.4, -0.2) is 60.9 Å². The number of thioether (sulfide) groups is 1. The molecule has 1 saturated heterocycles. The first-order valence-corrected chi connectivity index (χ1v) is 12.7. The summed E-state index contributed by atoms with van der Waals surface area (Å²) in [6, 6.07) is 12.1. The minimum Gasteiger partial charge on any atom is -0.493 e. The largest absolute Gasteiger partial charge is 0.493 e. The van der Waals surface area contributed by atoms with Gasteiger partial charge in [0.05, 0.1) is 35.6 Å². The van der Waals surface area contributed by atoms with E-state index >= 15 is 0 Å². The van der Waals surface area contributed by atoms with Crippen molar-refractivity contribution in [1.29, 1.82) is 0 Å². The van der Waals surface area contributed by atoms with Crippen LogP contribution in [0.25, 0.3) is 10.9 Å². The van der Waals surface area contributed by atoms with Gasteiger partial charge in [0.1, 0.15) is 5.75 Å². The molecular formula is C22H25N3O5S2. The van der Waals surface area contributed by atoms with E-state index in [4.69, 9.17) is 9.47 Å². The average molecular weight is 476 g/mol. The fraction of sp³-hybridized carbons (Fsp3) is 0.364. The van der Waals surface area contributed by atoms with E-state index in [1.54, 1.807) is 35.9 Å². The van der Waals surface area contributed by atoms with Gasteiger partial charge in [-0.2, -0.15) is 4.31 Å². The molecule has 2 aromatic carbocycles. The van der Waals surface area contributed by atoms with Gasteiger partial charge in [-0.3, -0.25) is 9.36 Å². The van der Waals surface area contributed by atoms with E-state index in [1.165, 1.54) is 16.1 Å². The monoisotopic (exact) mass is 475 g/mol. The number of nitrogens with zero attached hydrogens (tertiary/aromatic N) is 3. The van der Waals surface area contributed by atoms with Gasteiger partial charge in [-0.1, -0.05) is 23.4 Å². The van der Waals surface area contributed by atoms with E-state index in [-0.39, 0.29) is 10.5 Å². The van der Waals surface area contributed by atoms with Crippen molar-refractivity contribution in [3.63, 3.8) is 0 Å². The van der Waals surface area contributed by atoms with Crippen molar-refractivity contribution >= 4 is 32.7 Å². The minimum absolute atomic E-state index is 0.0702. The maximum absolute atomic E-state index is 12.7. The summed E-state index contributed by atoms with van der Waals surface area (Å²) in [7, 11) is -1.80. The van der Waals surface area contributed by atoms with Crippen LogP contribution in [0, 0.1) is 6.92 Å². The summed E-state index contributed by atoms with van der Waals surface area (Å²) in [5.74, 6) is 1.17. The Balaban J connectivity index is 1.36. The van der Waals surface area contributed by atoms with Gasteiger partial charge in [-0.15, -0.1) is 0 Å². The zero-order valence-corrected chi connectivity index (χ0v) is 19.6. The molecule has 10 heteroatoms. The second-order valence-corrected chi connectivity index (χ2v) is 10.5. The molecule has 0 N–H and O–H groups in total. The highest BCUT2D eigenvalue weighted by atomic mass is 32.2. The van der Waals surface area contributed by atoms with Crippen LogP contribution in [0.3, 0.4) is 0 Å². The minimum atomic E-state index is -3.52. The van der Waals surface area contributed by atoms with Crippen LogP contribution in [0.4, 0.5) is 0 Å². The molecule has 0 amide bonds. The summed E-state index contributed by atoms with van der Waals surface area (Å²) in [5, 5.41) is 1.24. The molecule has 0 aliphatic carbocycles. The molecule has 170 valence electrons. The Bertz CT molecular complexity index is 1270. The summed E-state index contributed by atoms with van der Waals surface area (Å²) in [6.07, 6.45) is 0. The first-order chi connectivity index (χ1) is 15.4. The quantitative estimate of drug-likeness (QED) is 0.294. The van der Waals surface area contributed by atoms with Crippen LogP contribution in [0.1, 0.15) is 5.56 Å². The normalized spacial score (nSPS) is 15.2. The van der Waals surface area contributed by atoms with Crippen molar-refractivity contribution in [1.82, 2.24) is 13.9 Å². The molecule has 0 atom stereocenters. The number of aromatic nitrogens is 2. The fourth-order valence-corrected chi connectivity index (χ4v) is 5.63. The van der Waals surface area contributed by atoms with Crippen LogP contribution in [0.15, 0.2) is 57.3 Å². The van der Waals surface area contributed by atoms with Gasteiger partial charge in [0.25, 0.3) is 5.56 Å². The fourth-order valence-electron chi connectivity index (χ4n) is 3.43. The van der Waals surface area contributed by atoms with Gasteiger partial charge < -0.3 is 9.47 Å². The number of sulfonamides is 1. The van der Waals surface area contributed by atoms with Crippen molar-refractivity contribution in [2.75, 3.05) is 38.7 Å². The molecule has 1 aliphatic heterocycles.